The molecule has 1 aromatic carbocycles. The van der Waals surface area contributed by atoms with Crippen molar-refractivity contribution in [1.82, 2.24) is 4.90 Å². The Morgan fingerprint density at radius 3 is 2.52 bits per heavy atom. The fraction of sp³-hybridized carbons (Fsp3) is 0.353. The van der Waals surface area contributed by atoms with E-state index >= 15 is 0 Å². The Hall–Kier alpha value is -2.23. The maximum atomic E-state index is 12.8. The first-order chi connectivity index (χ1) is 10.2. The number of rotatable bonds is 5. The lowest BCUT2D eigenvalue weighted by Gasteiger charge is -2.28. The van der Waals surface area contributed by atoms with Gasteiger partial charge in [-0.2, -0.15) is 0 Å². The van der Waals surface area contributed by atoms with Crippen LogP contribution in [-0.2, 0) is 0 Å². The zero-order chi connectivity index (χ0) is 14.8. The molecule has 1 fully saturated rings. The molecule has 1 amide bonds. The highest BCUT2D eigenvalue weighted by Crippen LogP contribution is 2.35. The lowest BCUT2D eigenvalue weighted by atomic mass is 10.1. The van der Waals surface area contributed by atoms with Crippen molar-refractivity contribution < 1.29 is 13.9 Å². The minimum absolute atomic E-state index is 0.0454. The molecular weight excluding hydrogens is 266 g/mol. The summed E-state index contributed by atoms with van der Waals surface area (Å²) < 4.78 is 10.6. The van der Waals surface area contributed by atoms with E-state index in [1.165, 1.54) is 0 Å². The summed E-state index contributed by atoms with van der Waals surface area (Å²) in [6, 6.07) is 11.3. The van der Waals surface area contributed by atoms with Crippen molar-refractivity contribution in [3.8, 4) is 5.75 Å². The Morgan fingerprint density at radius 2 is 2.00 bits per heavy atom. The third kappa shape index (κ3) is 2.79. The molecule has 1 atom stereocenters. The number of ether oxygens (including phenoxy) is 1. The molecule has 110 valence electrons. The predicted octanol–water partition coefficient (Wildman–Crippen LogP) is 3.65. The highest BCUT2D eigenvalue weighted by atomic mass is 16.5. The number of hydrogen-bond donors (Lipinski definition) is 0. The van der Waals surface area contributed by atoms with E-state index in [0.29, 0.717) is 11.6 Å². The minimum Gasteiger partial charge on any atom is -0.497 e. The summed E-state index contributed by atoms with van der Waals surface area (Å²) in [6.07, 6.45) is 3.77. The van der Waals surface area contributed by atoms with E-state index in [-0.39, 0.29) is 11.9 Å². The zero-order valence-electron chi connectivity index (χ0n) is 12.3. The van der Waals surface area contributed by atoms with E-state index in [9.17, 15) is 4.79 Å². The summed E-state index contributed by atoms with van der Waals surface area (Å²) >= 11 is 0. The Morgan fingerprint density at radius 1 is 1.29 bits per heavy atom. The summed E-state index contributed by atoms with van der Waals surface area (Å²) in [5.74, 6) is 1.62. The van der Waals surface area contributed by atoms with Crippen LogP contribution in [-0.4, -0.2) is 24.0 Å². The van der Waals surface area contributed by atoms with Gasteiger partial charge < -0.3 is 14.1 Å². The third-order valence-corrected chi connectivity index (χ3v) is 3.88. The average Bonchev–Trinajstić information content (AvgIpc) is 3.19. The molecular formula is C17H19NO3. The quantitative estimate of drug-likeness (QED) is 0.842. The average molecular weight is 285 g/mol. The predicted molar refractivity (Wildman–Crippen MR) is 79.3 cm³/mol. The first kappa shape index (κ1) is 13.7. The summed E-state index contributed by atoms with van der Waals surface area (Å²) in [5, 5.41) is 0. The van der Waals surface area contributed by atoms with Gasteiger partial charge in [0.1, 0.15) is 11.5 Å². The second-order valence-electron chi connectivity index (χ2n) is 5.36. The number of carbonyl (C=O) groups excluding carboxylic acids is 1. The number of amides is 1. The lowest BCUT2D eigenvalue weighted by Crippen LogP contribution is -2.35. The molecule has 0 unspecified atom stereocenters. The topological polar surface area (TPSA) is 42.7 Å². The molecule has 4 heteroatoms. The second kappa shape index (κ2) is 5.64. The van der Waals surface area contributed by atoms with Crippen molar-refractivity contribution in [3.05, 3.63) is 54.0 Å². The van der Waals surface area contributed by atoms with Crippen molar-refractivity contribution in [3.63, 3.8) is 0 Å². The number of carbonyl (C=O) groups is 1. The van der Waals surface area contributed by atoms with Crippen LogP contribution in [0.4, 0.5) is 0 Å². The first-order valence-electron chi connectivity index (χ1n) is 7.21. The fourth-order valence-electron chi connectivity index (χ4n) is 2.56. The molecule has 3 rings (SSSR count). The third-order valence-electron chi connectivity index (χ3n) is 3.88. The molecule has 1 aliphatic carbocycles. The molecule has 0 saturated heterocycles. The van der Waals surface area contributed by atoms with Crippen molar-refractivity contribution in [1.29, 1.82) is 0 Å². The molecule has 1 heterocycles. The van der Waals surface area contributed by atoms with Crippen LogP contribution < -0.4 is 4.74 Å². The van der Waals surface area contributed by atoms with Crippen LogP contribution in [0.25, 0.3) is 0 Å². The van der Waals surface area contributed by atoms with Gasteiger partial charge in [0.15, 0.2) is 0 Å². The van der Waals surface area contributed by atoms with Crippen molar-refractivity contribution in [2.75, 3.05) is 7.11 Å². The van der Waals surface area contributed by atoms with Crippen LogP contribution in [0.15, 0.2) is 47.1 Å². The molecule has 1 saturated carbocycles. The van der Waals surface area contributed by atoms with Crippen LogP contribution in [0.3, 0.4) is 0 Å². The smallest absolute Gasteiger partial charge is 0.254 e. The zero-order valence-corrected chi connectivity index (χ0v) is 12.3. The molecule has 0 bridgehead atoms. The molecule has 0 aliphatic heterocycles. The molecule has 0 N–H and O–H groups in total. The number of nitrogens with zero attached hydrogens (tertiary/aromatic N) is 1. The summed E-state index contributed by atoms with van der Waals surface area (Å²) in [6.45, 7) is 2.01. The monoisotopic (exact) mass is 285 g/mol. The summed E-state index contributed by atoms with van der Waals surface area (Å²) in [4.78, 5) is 14.7. The van der Waals surface area contributed by atoms with Crippen molar-refractivity contribution in [2.24, 2.45) is 0 Å². The molecule has 21 heavy (non-hydrogen) atoms. The number of methoxy groups -OCH3 is 1. The highest BCUT2D eigenvalue weighted by molar-refractivity contribution is 5.95. The SMILES string of the molecule is COc1ccc(C(=O)N(C2CC2)[C@@H](C)c2ccco2)cc1. The Labute approximate surface area is 124 Å². The summed E-state index contributed by atoms with van der Waals surface area (Å²) in [5.41, 5.74) is 0.682. The normalized spacial score (nSPS) is 15.5. The highest BCUT2D eigenvalue weighted by Gasteiger charge is 2.37. The molecule has 1 aromatic heterocycles. The molecule has 0 radical (unpaired) electrons. The largest absolute Gasteiger partial charge is 0.497 e. The number of furan rings is 1. The fourth-order valence-corrected chi connectivity index (χ4v) is 2.56. The van der Waals surface area contributed by atoms with Gasteiger partial charge >= 0.3 is 0 Å². The maximum absolute atomic E-state index is 12.8. The number of hydrogen-bond acceptors (Lipinski definition) is 3. The molecule has 1 aliphatic rings. The Bertz CT molecular complexity index is 599. The van der Waals surface area contributed by atoms with E-state index in [0.717, 1.165) is 24.4 Å². The van der Waals surface area contributed by atoms with Crippen LogP contribution in [0.2, 0.25) is 0 Å². The lowest BCUT2D eigenvalue weighted by molar-refractivity contribution is 0.0652. The molecule has 4 nitrogen and oxygen atoms in total. The first-order valence-corrected chi connectivity index (χ1v) is 7.21. The van der Waals surface area contributed by atoms with Gasteiger partial charge in [0.2, 0.25) is 0 Å². The standard InChI is InChI=1S/C17H19NO3/c1-12(16-4-3-11-21-16)18(14-7-8-14)17(19)13-5-9-15(20-2)10-6-13/h3-6,9-12,14H,7-8H2,1-2H3/t12-/m0/s1. The maximum Gasteiger partial charge on any atom is 0.254 e. The van der Waals surface area contributed by atoms with Crippen molar-refractivity contribution >= 4 is 5.91 Å². The van der Waals surface area contributed by atoms with Crippen molar-refractivity contribution in [2.45, 2.75) is 31.8 Å². The Balaban J connectivity index is 1.84. The van der Waals surface area contributed by atoms with Gasteiger partial charge in [-0.15, -0.1) is 0 Å². The summed E-state index contributed by atoms with van der Waals surface area (Å²) in [7, 11) is 1.62. The minimum atomic E-state index is -0.0536. The van der Waals surface area contributed by atoms with E-state index < -0.39 is 0 Å². The van der Waals surface area contributed by atoms with E-state index in [1.54, 1.807) is 13.4 Å². The van der Waals surface area contributed by atoms with E-state index in [2.05, 4.69) is 0 Å². The number of benzene rings is 1. The van der Waals surface area contributed by atoms with Gasteiger partial charge in [-0.3, -0.25) is 4.79 Å². The molecule has 2 aromatic rings. The van der Waals surface area contributed by atoms with E-state index in [1.807, 2.05) is 48.2 Å². The van der Waals surface area contributed by atoms with Crippen LogP contribution >= 0.6 is 0 Å². The van der Waals surface area contributed by atoms with Gasteiger partial charge in [-0.25, -0.2) is 0 Å². The second-order valence-corrected chi connectivity index (χ2v) is 5.36. The van der Waals surface area contributed by atoms with Gasteiger partial charge in [0.05, 0.1) is 19.4 Å². The Kier molecular flexibility index (Phi) is 3.69. The van der Waals surface area contributed by atoms with E-state index in [4.69, 9.17) is 9.15 Å². The molecule has 0 spiro atoms. The van der Waals surface area contributed by atoms with Crippen LogP contribution in [0.5, 0.6) is 5.75 Å². The van der Waals surface area contributed by atoms with Gasteiger partial charge in [-0.05, 0) is 56.2 Å². The van der Waals surface area contributed by atoms with Gasteiger partial charge in [0.25, 0.3) is 5.91 Å². The van der Waals surface area contributed by atoms with Crippen LogP contribution in [0.1, 0.15) is 41.9 Å². The van der Waals surface area contributed by atoms with Crippen LogP contribution in [0, 0.1) is 0 Å². The van der Waals surface area contributed by atoms with Gasteiger partial charge in [-0.1, -0.05) is 0 Å². The van der Waals surface area contributed by atoms with Gasteiger partial charge in [0, 0.05) is 11.6 Å².